The summed E-state index contributed by atoms with van der Waals surface area (Å²) in [5.74, 6) is 0. The van der Waals surface area contributed by atoms with Gasteiger partial charge in [0.25, 0.3) is 0 Å². The van der Waals surface area contributed by atoms with Crippen molar-refractivity contribution in [2.24, 2.45) is 0 Å². The molecule has 1 aromatic heterocycles. The molecule has 4 aromatic rings. The van der Waals surface area contributed by atoms with Gasteiger partial charge in [-0.2, -0.15) is 0 Å². The summed E-state index contributed by atoms with van der Waals surface area (Å²) in [5.41, 5.74) is 12.1. The summed E-state index contributed by atoms with van der Waals surface area (Å²) in [6.45, 7) is 0. The fraction of sp³-hybridized carbons (Fsp3) is 0. The number of rotatable bonds is 4. The Bertz CT molecular complexity index is 1480. The van der Waals surface area contributed by atoms with Crippen molar-refractivity contribution in [3.8, 4) is 55.9 Å². The molecular formula is C32H23N. The van der Waals surface area contributed by atoms with Crippen LogP contribution in [0.3, 0.4) is 0 Å². The molecule has 1 N–H and O–H groups in total. The van der Waals surface area contributed by atoms with Crippen LogP contribution in [0.4, 0.5) is 0 Å². The van der Waals surface area contributed by atoms with Crippen LogP contribution in [-0.4, -0.2) is 4.98 Å². The average Bonchev–Trinajstić information content (AvgIpc) is 3.39. The molecule has 2 aliphatic carbocycles. The Labute approximate surface area is 194 Å². The molecule has 0 fully saturated rings. The third-order valence-electron chi connectivity index (χ3n) is 6.25. The van der Waals surface area contributed by atoms with Crippen LogP contribution < -0.4 is 0 Å². The highest BCUT2D eigenvalue weighted by atomic mass is 14.8. The number of aromatic amines is 1. The zero-order chi connectivity index (χ0) is 22.0. The van der Waals surface area contributed by atoms with Gasteiger partial charge in [-0.3, -0.25) is 0 Å². The Morgan fingerprint density at radius 2 is 0.758 bits per heavy atom. The minimum absolute atomic E-state index is 1.14. The highest BCUT2D eigenvalue weighted by molar-refractivity contribution is 6.03. The van der Waals surface area contributed by atoms with Crippen LogP contribution in [0.5, 0.6) is 0 Å². The van der Waals surface area contributed by atoms with E-state index in [1.165, 1.54) is 44.5 Å². The Hall–Kier alpha value is -4.36. The van der Waals surface area contributed by atoms with Crippen LogP contribution in [0, 0.1) is 0 Å². The van der Waals surface area contributed by atoms with Crippen molar-refractivity contribution in [3.63, 3.8) is 0 Å². The summed E-state index contributed by atoms with van der Waals surface area (Å²) in [6.07, 6.45) is 0. The fourth-order valence-electron chi connectivity index (χ4n) is 4.74. The second-order valence-corrected chi connectivity index (χ2v) is 8.25. The quantitative estimate of drug-likeness (QED) is 0.293. The Morgan fingerprint density at radius 3 is 1.33 bits per heavy atom. The van der Waals surface area contributed by atoms with Crippen LogP contribution >= 0.6 is 0 Å². The zero-order valence-electron chi connectivity index (χ0n) is 18.2. The topological polar surface area (TPSA) is 15.8 Å². The summed E-state index contributed by atoms with van der Waals surface area (Å²) < 4.78 is 0. The largest absolute Gasteiger partial charge is 0.353 e. The van der Waals surface area contributed by atoms with Gasteiger partial charge in [0.2, 0.25) is 0 Å². The van der Waals surface area contributed by atoms with Crippen LogP contribution in [0.1, 0.15) is 0 Å². The van der Waals surface area contributed by atoms with Gasteiger partial charge in [0.1, 0.15) is 0 Å². The standard InChI is InChI=1S/C32H23N/c1-6-14-24(15-7-1)29-30(25-16-8-2-9-17-25)32(33-31(29)26-18-10-3-11-19-26)28-22-21-23-13-5-4-12-20-27(23)28/h1-22,33H. The third kappa shape index (κ3) is 3.44. The van der Waals surface area contributed by atoms with E-state index in [-0.39, 0.29) is 0 Å². The summed E-state index contributed by atoms with van der Waals surface area (Å²) in [4.78, 5) is 3.87. The van der Waals surface area contributed by atoms with E-state index >= 15 is 0 Å². The summed E-state index contributed by atoms with van der Waals surface area (Å²) in [6, 6.07) is 47.2. The molecule has 156 valence electrons. The molecule has 33 heavy (non-hydrogen) atoms. The van der Waals surface area contributed by atoms with Gasteiger partial charge in [-0.15, -0.1) is 0 Å². The molecule has 0 saturated carbocycles. The first-order chi connectivity index (χ1) is 16.4. The predicted molar refractivity (Wildman–Crippen MR) is 139 cm³/mol. The van der Waals surface area contributed by atoms with E-state index in [2.05, 4.69) is 138 Å². The van der Waals surface area contributed by atoms with E-state index in [0.717, 1.165) is 11.4 Å². The second kappa shape index (κ2) is 8.29. The average molecular weight is 422 g/mol. The van der Waals surface area contributed by atoms with Gasteiger partial charge in [-0.05, 0) is 27.8 Å². The SMILES string of the molecule is c1ccc(-c2[nH]c(-c3ccc4cccccc3-4)c(-c3ccccc3)c2-c2ccccc2)cc1. The lowest BCUT2D eigenvalue weighted by atomic mass is 9.91. The molecule has 0 amide bonds. The number of fused-ring (bicyclic) bond motifs is 1. The Morgan fingerprint density at radius 1 is 0.303 bits per heavy atom. The van der Waals surface area contributed by atoms with Crippen molar-refractivity contribution >= 4 is 0 Å². The lowest BCUT2D eigenvalue weighted by Crippen LogP contribution is -1.85. The zero-order valence-corrected chi connectivity index (χ0v) is 18.2. The minimum Gasteiger partial charge on any atom is -0.353 e. The van der Waals surface area contributed by atoms with Gasteiger partial charge in [0, 0.05) is 16.7 Å². The van der Waals surface area contributed by atoms with Crippen molar-refractivity contribution in [2.45, 2.75) is 0 Å². The summed E-state index contributed by atoms with van der Waals surface area (Å²) in [7, 11) is 0. The van der Waals surface area contributed by atoms with Gasteiger partial charge >= 0.3 is 0 Å². The molecule has 0 spiro atoms. The first-order valence-electron chi connectivity index (χ1n) is 11.3. The Kier molecular flexibility index (Phi) is 4.86. The van der Waals surface area contributed by atoms with Crippen LogP contribution in [-0.2, 0) is 0 Å². The molecule has 0 radical (unpaired) electrons. The molecule has 0 bridgehead atoms. The predicted octanol–water partition coefficient (Wildman–Crippen LogP) is 8.79. The molecular weight excluding hydrogens is 398 g/mol. The highest BCUT2D eigenvalue weighted by Crippen LogP contribution is 2.48. The van der Waals surface area contributed by atoms with Gasteiger partial charge in [0.05, 0.1) is 11.4 Å². The summed E-state index contributed by atoms with van der Waals surface area (Å²) in [5, 5.41) is 0. The number of benzene rings is 3. The van der Waals surface area contributed by atoms with Crippen molar-refractivity contribution in [3.05, 3.63) is 133 Å². The number of hydrogen-bond donors (Lipinski definition) is 1. The first-order valence-corrected chi connectivity index (χ1v) is 11.3. The van der Waals surface area contributed by atoms with Gasteiger partial charge in [-0.1, -0.05) is 133 Å². The third-order valence-corrected chi connectivity index (χ3v) is 6.25. The summed E-state index contributed by atoms with van der Waals surface area (Å²) >= 11 is 0. The Balaban J connectivity index is 1.73. The van der Waals surface area contributed by atoms with E-state index in [9.17, 15) is 0 Å². The lowest BCUT2D eigenvalue weighted by molar-refractivity contribution is 1.40. The monoisotopic (exact) mass is 421 g/mol. The second-order valence-electron chi connectivity index (χ2n) is 8.25. The maximum atomic E-state index is 3.87. The van der Waals surface area contributed by atoms with E-state index < -0.39 is 0 Å². The van der Waals surface area contributed by atoms with Gasteiger partial charge in [-0.25, -0.2) is 0 Å². The van der Waals surface area contributed by atoms with E-state index in [4.69, 9.17) is 0 Å². The van der Waals surface area contributed by atoms with Gasteiger partial charge in [0.15, 0.2) is 0 Å². The van der Waals surface area contributed by atoms with Crippen molar-refractivity contribution in [1.29, 1.82) is 0 Å². The molecule has 0 aliphatic heterocycles. The number of aromatic nitrogens is 1. The number of H-pyrrole nitrogens is 1. The van der Waals surface area contributed by atoms with Crippen molar-refractivity contribution in [2.75, 3.05) is 0 Å². The van der Waals surface area contributed by atoms with E-state index in [1.54, 1.807) is 0 Å². The molecule has 2 aliphatic rings. The molecule has 1 nitrogen and oxygen atoms in total. The molecule has 1 heterocycles. The van der Waals surface area contributed by atoms with Crippen LogP contribution in [0.15, 0.2) is 133 Å². The van der Waals surface area contributed by atoms with Crippen LogP contribution in [0.25, 0.3) is 55.9 Å². The maximum absolute atomic E-state index is 3.87. The molecule has 6 rings (SSSR count). The molecule has 0 unspecified atom stereocenters. The van der Waals surface area contributed by atoms with E-state index in [0.29, 0.717) is 0 Å². The normalized spacial score (nSPS) is 11.0. The fourth-order valence-corrected chi connectivity index (χ4v) is 4.74. The smallest absolute Gasteiger partial charge is 0.0551 e. The van der Waals surface area contributed by atoms with Crippen molar-refractivity contribution in [1.82, 2.24) is 4.98 Å². The highest BCUT2D eigenvalue weighted by Gasteiger charge is 2.24. The molecule has 0 saturated heterocycles. The molecule has 0 atom stereocenters. The van der Waals surface area contributed by atoms with Crippen LogP contribution in [0.2, 0.25) is 0 Å². The van der Waals surface area contributed by atoms with Gasteiger partial charge < -0.3 is 4.98 Å². The molecule has 3 aromatic carbocycles. The minimum atomic E-state index is 1.14. The van der Waals surface area contributed by atoms with E-state index in [1.807, 2.05) is 0 Å². The number of nitrogens with one attached hydrogen (secondary N) is 1. The maximum Gasteiger partial charge on any atom is 0.0551 e. The lowest BCUT2D eigenvalue weighted by Gasteiger charge is -2.10. The van der Waals surface area contributed by atoms with Crippen molar-refractivity contribution < 1.29 is 0 Å². The first kappa shape index (κ1) is 19.3. The number of hydrogen-bond acceptors (Lipinski definition) is 0. The molecule has 1 heteroatoms.